The molecule has 1 aliphatic rings. The third kappa shape index (κ3) is 4.46. The first-order valence-corrected chi connectivity index (χ1v) is 6.90. The Labute approximate surface area is 125 Å². The summed E-state index contributed by atoms with van der Waals surface area (Å²) in [4.78, 5) is 11.8. The van der Waals surface area contributed by atoms with Gasteiger partial charge in [0.15, 0.2) is 0 Å². The van der Waals surface area contributed by atoms with E-state index in [1.807, 2.05) is 0 Å². The zero-order valence-electron chi connectivity index (χ0n) is 11.7. The summed E-state index contributed by atoms with van der Waals surface area (Å²) in [5.41, 5.74) is 0.998. The van der Waals surface area contributed by atoms with Gasteiger partial charge in [0, 0.05) is 0 Å². The van der Waals surface area contributed by atoms with E-state index in [0.29, 0.717) is 12.5 Å². The lowest BCUT2D eigenvalue weighted by Crippen LogP contribution is -2.37. The lowest BCUT2D eigenvalue weighted by Gasteiger charge is -2.25. The van der Waals surface area contributed by atoms with Crippen LogP contribution in [0, 0.1) is 11.7 Å². The van der Waals surface area contributed by atoms with E-state index >= 15 is 0 Å². The Bertz CT molecular complexity index is 418. The Morgan fingerprint density at radius 1 is 1.30 bits per heavy atom. The Hall–Kier alpha value is -1.13. The quantitative estimate of drug-likeness (QED) is 0.878. The van der Waals surface area contributed by atoms with Crippen molar-refractivity contribution in [2.75, 3.05) is 13.6 Å². The standard InChI is InChI=1S/C15H21FN2O.ClH/c1-17-10-14(19)18-15(11-4-2-3-5-11)12-6-8-13(16)9-7-12;/h6-9,11,15,17H,2-5,10H2,1H3,(H,18,19);1H. The fourth-order valence-corrected chi connectivity index (χ4v) is 2.82. The Balaban J connectivity index is 0.00000200. The molecule has 0 spiro atoms. The van der Waals surface area contributed by atoms with E-state index in [1.54, 1.807) is 19.2 Å². The van der Waals surface area contributed by atoms with E-state index in [9.17, 15) is 9.18 Å². The van der Waals surface area contributed by atoms with Crippen molar-refractivity contribution >= 4 is 18.3 Å². The van der Waals surface area contributed by atoms with Gasteiger partial charge in [0.25, 0.3) is 0 Å². The number of benzene rings is 1. The summed E-state index contributed by atoms with van der Waals surface area (Å²) in [5.74, 6) is 0.213. The second-order valence-electron chi connectivity index (χ2n) is 5.17. The van der Waals surface area contributed by atoms with Crippen LogP contribution in [0.15, 0.2) is 24.3 Å². The van der Waals surface area contributed by atoms with Crippen LogP contribution in [0.5, 0.6) is 0 Å². The maximum Gasteiger partial charge on any atom is 0.234 e. The molecular weight excluding hydrogens is 279 g/mol. The molecule has 112 valence electrons. The number of amides is 1. The molecule has 0 saturated heterocycles. The minimum absolute atomic E-state index is 0. The average molecular weight is 301 g/mol. The number of hydrogen-bond acceptors (Lipinski definition) is 2. The van der Waals surface area contributed by atoms with Gasteiger partial charge in [-0.2, -0.15) is 0 Å². The predicted octanol–water partition coefficient (Wildman–Crippen LogP) is 2.81. The predicted molar refractivity (Wildman–Crippen MR) is 80.4 cm³/mol. The van der Waals surface area contributed by atoms with Gasteiger partial charge in [0.05, 0.1) is 12.6 Å². The molecule has 20 heavy (non-hydrogen) atoms. The van der Waals surface area contributed by atoms with Crippen LogP contribution in [0.4, 0.5) is 4.39 Å². The molecule has 0 heterocycles. The highest BCUT2D eigenvalue weighted by atomic mass is 35.5. The molecule has 1 atom stereocenters. The second kappa shape index (κ2) is 8.22. The number of hydrogen-bond donors (Lipinski definition) is 2. The van der Waals surface area contributed by atoms with Crippen molar-refractivity contribution in [3.05, 3.63) is 35.6 Å². The molecule has 1 unspecified atom stereocenters. The zero-order valence-corrected chi connectivity index (χ0v) is 12.5. The smallest absolute Gasteiger partial charge is 0.234 e. The van der Waals surface area contributed by atoms with Crippen LogP contribution in [-0.4, -0.2) is 19.5 Å². The lowest BCUT2D eigenvalue weighted by atomic mass is 9.91. The van der Waals surface area contributed by atoms with Crippen LogP contribution in [0.1, 0.15) is 37.3 Å². The van der Waals surface area contributed by atoms with E-state index in [1.165, 1.54) is 25.0 Å². The molecule has 1 aromatic carbocycles. The fraction of sp³-hybridized carbons (Fsp3) is 0.533. The Morgan fingerprint density at radius 2 is 1.90 bits per heavy atom. The normalized spacial score (nSPS) is 16.5. The van der Waals surface area contributed by atoms with Crippen molar-refractivity contribution in [2.45, 2.75) is 31.7 Å². The van der Waals surface area contributed by atoms with Crippen LogP contribution in [0.2, 0.25) is 0 Å². The number of nitrogens with one attached hydrogen (secondary N) is 2. The van der Waals surface area contributed by atoms with Gasteiger partial charge in [-0.15, -0.1) is 12.4 Å². The molecule has 2 rings (SSSR count). The second-order valence-corrected chi connectivity index (χ2v) is 5.17. The lowest BCUT2D eigenvalue weighted by molar-refractivity contribution is -0.121. The molecule has 2 N–H and O–H groups in total. The first-order valence-electron chi connectivity index (χ1n) is 6.90. The van der Waals surface area contributed by atoms with Gasteiger partial charge in [-0.25, -0.2) is 4.39 Å². The first-order chi connectivity index (χ1) is 9.20. The molecule has 3 nitrogen and oxygen atoms in total. The first kappa shape index (κ1) is 16.9. The molecule has 0 radical (unpaired) electrons. The van der Waals surface area contributed by atoms with Crippen LogP contribution >= 0.6 is 12.4 Å². The van der Waals surface area contributed by atoms with Crippen LogP contribution in [-0.2, 0) is 4.79 Å². The van der Waals surface area contributed by atoms with E-state index < -0.39 is 0 Å². The maximum absolute atomic E-state index is 13.0. The van der Waals surface area contributed by atoms with Crippen molar-refractivity contribution in [1.29, 1.82) is 0 Å². The van der Waals surface area contributed by atoms with Crippen molar-refractivity contribution in [3.8, 4) is 0 Å². The summed E-state index contributed by atoms with van der Waals surface area (Å²) in [6, 6.07) is 6.47. The summed E-state index contributed by atoms with van der Waals surface area (Å²) in [6.45, 7) is 0.310. The van der Waals surface area contributed by atoms with Gasteiger partial charge in [-0.05, 0) is 43.5 Å². The summed E-state index contributed by atoms with van der Waals surface area (Å²) < 4.78 is 13.0. The average Bonchev–Trinajstić information content (AvgIpc) is 2.91. The summed E-state index contributed by atoms with van der Waals surface area (Å²) in [7, 11) is 1.75. The largest absolute Gasteiger partial charge is 0.348 e. The maximum atomic E-state index is 13.0. The third-order valence-corrected chi connectivity index (χ3v) is 3.75. The third-order valence-electron chi connectivity index (χ3n) is 3.75. The van der Waals surface area contributed by atoms with Crippen molar-refractivity contribution in [2.24, 2.45) is 5.92 Å². The zero-order chi connectivity index (χ0) is 13.7. The van der Waals surface area contributed by atoms with Crippen molar-refractivity contribution in [3.63, 3.8) is 0 Å². The molecule has 0 aliphatic heterocycles. The van der Waals surface area contributed by atoms with Crippen LogP contribution < -0.4 is 10.6 Å². The molecule has 1 saturated carbocycles. The van der Waals surface area contributed by atoms with E-state index in [2.05, 4.69) is 10.6 Å². The monoisotopic (exact) mass is 300 g/mol. The van der Waals surface area contributed by atoms with Gasteiger partial charge < -0.3 is 10.6 Å². The molecule has 1 fully saturated rings. The van der Waals surface area contributed by atoms with Gasteiger partial charge >= 0.3 is 0 Å². The topological polar surface area (TPSA) is 41.1 Å². The highest BCUT2D eigenvalue weighted by Gasteiger charge is 2.27. The van der Waals surface area contributed by atoms with Gasteiger partial charge in [0.1, 0.15) is 5.82 Å². The van der Waals surface area contributed by atoms with Gasteiger partial charge in [-0.3, -0.25) is 4.79 Å². The molecule has 0 bridgehead atoms. The van der Waals surface area contributed by atoms with Crippen molar-refractivity contribution < 1.29 is 9.18 Å². The SMILES string of the molecule is CNCC(=O)NC(c1ccc(F)cc1)C1CCCC1.Cl. The van der Waals surface area contributed by atoms with Gasteiger partial charge in [0.2, 0.25) is 5.91 Å². The molecule has 1 amide bonds. The van der Waals surface area contributed by atoms with Gasteiger partial charge in [-0.1, -0.05) is 25.0 Å². The molecule has 5 heteroatoms. The highest BCUT2D eigenvalue weighted by Crippen LogP contribution is 2.35. The van der Waals surface area contributed by atoms with Crippen LogP contribution in [0.25, 0.3) is 0 Å². The Morgan fingerprint density at radius 3 is 2.45 bits per heavy atom. The van der Waals surface area contributed by atoms with E-state index in [-0.39, 0.29) is 30.2 Å². The van der Waals surface area contributed by atoms with Crippen molar-refractivity contribution in [1.82, 2.24) is 10.6 Å². The summed E-state index contributed by atoms with van der Waals surface area (Å²) in [5, 5.41) is 5.92. The summed E-state index contributed by atoms with van der Waals surface area (Å²) >= 11 is 0. The number of likely N-dealkylation sites (N-methyl/N-ethyl adjacent to an activating group) is 1. The number of rotatable bonds is 5. The minimum atomic E-state index is -0.240. The Kier molecular flexibility index (Phi) is 6.96. The molecule has 1 aliphatic carbocycles. The van der Waals surface area contributed by atoms with Crippen LogP contribution in [0.3, 0.4) is 0 Å². The fourth-order valence-electron chi connectivity index (χ4n) is 2.82. The highest BCUT2D eigenvalue weighted by molar-refractivity contribution is 5.85. The number of carbonyl (C=O) groups excluding carboxylic acids is 1. The molecule has 1 aromatic rings. The van der Waals surface area contributed by atoms with E-state index in [0.717, 1.165) is 18.4 Å². The minimum Gasteiger partial charge on any atom is -0.348 e. The van der Waals surface area contributed by atoms with E-state index in [4.69, 9.17) is 0 Å². The molecular formula is C15H22ClFN2O. The summed E-state index contributed by atoms with van der Waals surface area (Å²) in [6.07, 6.45) is 4.68. The molecule has 0 aromatic heterocycles. The number of carbonyl (C=O) groups is 1. The number of halogens is 2.